The van der Waals surface area contributed by atoms with Crippen LogP contribution in [0, 0.1) is 0 Å². The Hall–Kier alpha value is -2.65. The van der Waals surface area contributed by atoms with Crippen LogP contribution in [0.25, 0.3) is 0 Å². The Balaban J connectivity index is 2.37. The molecule has 0 saturated carbocycles. The zero-order valence-electron chi connectivity index (χ0n) is 13.1. The Morgan fingerprint density at radius 3 is 2.17 bits per heavy atom. The number of aliphatic hydroxyl groups is 1. The maximum atomic E-state index is 12.8. The lowest BCUT2D eigenvalue weighted by Gasteiger charge is -2.25. The summed E-state index contributed by atoms with van der Waals surface area (Å²) < 4.78 is 0. The lowest BCUT2D eigenvalue weighted by Crippen LogP contribution is -2.26. The van der Waals surface area contributed by atoms with Crippen LogP contribution >= 0.6 is 0 Å². The van der Waals surface area contributed by atoms with E-state index >= 15 is 0 Å². The van der Waals surface area contributed by atoms with Crippen LogP contribution in [0.3, 0.4) is 0 Å². The average molecular weight is 307 g/mol. The van der Waals surface area contributed by atoms with E-state index in [0.29, 0.717) is 24.2 Å². The maximum absolute atomic E-state index is 12.8. The van der Waals surface area contributed by atoms with Crippen LogP contribution in [0.15, 0.2) is 79.9 Å². The monoisotopic (exact) mass is 307 g/mol. The number of rotatable bonds is 8. The summed E-state index contributed by atoms with van der Waals surface area (Å²) in [5.74, 6) is -0.315. The SMILES string of the molecule is C=CCN(CC=C)c1ccccc1C(=O)C(O)c1ccccc1. The fourth-order valence-corrected chi connectivity index (χ4v) is 2.47. The van der Waals surface area contributed by atoms with Gasteiger partial charge in [0.05, 0.1) is 0 Å². The number of Topliss-reactive ketones (excluding diaryl/α,β-unsaturated/α-hetero) is 1. The molecular formula is C20H21NO2. The van der Waals surface area contributed by atoms with Gasteiger partial charge in [-0.1, -0.05) is 54.6 Å². The topological polar surface area (TPSA) is 40.5 Å². The summed E-state index contributed by atoms with van der Waals surface area (Å²) >= 11 is 0. The van der Waals surface area contributed by atoms with Gasteiger partial charge in [-0.25, -0.2) is 0 Å². The van der Waals surface area contributed by atoms with Gasteiger partial charge < -0.3 is 10.0 Å². The largest absolute Gasteiger partial charge is 0.380 e. The zero-order valence-corrected chi connectivity index (χ0v) is 13.1. The van der Waals surface area contributed by atoms with Gasteiger partial charge in [-0.3, -0.25) is 4.79 Å². The van der Waals surface area contributed by atoms with Crippen LogP contribution in [0.1, 0.15) is 22.0 Å². The molecule has 3 heteroatoms. The van der Waals surface area contributed by atoms with Crippen molar-refractivity contribution >= 4 is 11.5 Å². The summed E-state index contributed by atoms with van der Waals surface area (Å²) in [6.07, 6.45) is 2.38. The van der Waals surface area contributed by atoms with E-state index in [4.69, 9.17) is 0 Å². The van der Waals surface area contributed by atoms with Gasteiger partial charge in [0, 0.05) is 24.3 Å². The quantitative estimate of drug-likeness (QED) is 0.596. The molecule has 0 aliphatic rings. The maximum Gasteiger partial charge on any atom is 0.197 e. The highest BCUT2D eigenvalue weighted by Gasteiger charge is 2.23. The Morgan fingerprint density at radius 1 is 1.00 bits per heavy atom. The summed E-state index contributed by atoms with van der Waals surface area (Å²) in [6.45, 7) is 8.70. The van der Waals surface area contributed by atoms with Crippen molar-refractivity contribution in [3.63, 3.8) is 0 Å². The van der Waals surface area contributed by atoms with Gasteiger partial charge >= 0.3 is 0 Å². The highest BCUT2D eigenvalue weighted by atomic mass is 16.3. The summed E-state index contributed by atoms with van der Waals surface area (Å²) in [5.41, 5.74) is 1.85. The second-order valence-electron chi connectivity index (χ2n) is 5.18. The van der Waals surface area contributed by atoms with Crippen molar-refractivity contribution in [1.82, 2.24) is 0 Å². The minimum atomic E-state index is -1.17. The van der Waals surface area contributed by atoms with Crippen molar-refractivity contribution in [2.45, 2.75) is 6.10 Å². The number of carbonyl (C=O) groups excluding carboxylic acids is 1. The molecular weight excluding hydrogens is 286 g/mol. The third kappa shape index (κ3) is 3.96. The first-order valence-electron chi connectivity index (χ1n) is 7.52. The molecule has 0 bridgehead atoms. The molecule has 0 radical (unpaired) electrons. The highest BCUT2D eigenvalue weighted by Crippen LogP contribution is 2.26. The normalized spacial score (nSPS) is 11.5. The molecule has 118 valence electrons. The minimum absolute atomic E-state index is 0.315. The first-order valence-corrected chi connectivity index (χ1v) is 7.52. The number of nitrogens with zero attached hydrogens (tertiary/aromatic N) is 1. The fourth-order valence-electron chi connectivity index (χ4n) is 2.47. The Bertz CT molecular complexity index is 669. The van der Waals surface area contributed by atoms with Gasteiger partial charge in [0.15, 0.2) is 5.78 Å². The number of hydrogen-bond acceptors (Lipinski definition) is 3. The van der Waals surface area contributed by atoms with Gasteiger partial charge in [-0.15, -0.1) is 13.2 Å². The minimum Gasteiger partial charge on any atom is -0.380 e. The molecule has 23 heavy (non-hydrogen) atoms. The Kier molecular flexibility index (Phi) is 5.89. The van der Waals surface area contributed by atoms with Crippen LogP contribution in [0.5, 0.6) is 0 Å². The summed E-state index contributed by atoms with van der Waals surface area (Å²) in [6, 6.07) is 16.2. The van der Waals surface area contributed by atoms with Gasteiger partial charge in [0.25, 0.3) is 0 Å². The molecule has 2 rings (SSSR count). The molecule has 1 unspecified atom stereocenters. The van der Waals surface area contributed by atoms with Crippen LogP contribution in [-0.4, -0.2) is 24.0 Å². The molecule has 0 aliphatic heterocycles. The van der Waals surface area contributed by atoms with E-state index in [2.05, 4.69) is 13.2 Å². The molecule has 1 N–H and O–H groups in total. The van der Waals surface area contributed by atoms with Crippen molar-refractivity contribution in [3.8, 4) is 0 Å². The number of hydrogen-bond donors (Lipinski definition) is 1. The average Bonchev–Trinajstić information content (AvgIpc) is 2.61. The molecule has 0 heterocycles. The van der Waals surface area contributed by atoms with Gasteiger partial charge in [-0.2, -0.15) is 0 Å². The second kappa shape index (κ2) is 8.11. The van der Waals surface area contributed by atoms with E-state index in [0.717, 1.165) is 5.69 Å². The lowest BCUT2D eigenvalue weighted by molar-refractivity contribution is 0.0748. The second-order valence-corrected chi connectivity index (χ2v) is 5.18. The van der Waals surface area contributed by atoms with E-state index in [-0.39, 0.29) is 5.78 Å². The fraction of sp³-hybridized carbons (Fsp3) is 0.150. The van der Waals surface area contributed by atoms with Crippen molar-refractivity contribution in [1.29, 1.82) is 0 Å². The number of aliphatic hydroxyl groups excluding tert-OH is 1. The molecule has 0 fully saturated rings. The standard InChI is InChI=1S/C20H21NO2/c1-3-14-21(15-4-2)18-13-9-8-12-17(18)20(23)19(22)16-10-6-5-7-11-16/h3-13,19,22H,1-2,14-15H2. The van der Waals surface area contributed by atoms with Crippen molar-refractivity contribution in [2.24, 2.45) is 0 Å². The van der Waals surface area contributed by atoms with E-state index < -0.39 is 6.10 Å². The van der Waals surface area contributed by atoms with Crippen LogP contribution < -0.4 is 4.90 Å². The molecule has 0 spiro atoms. The van der Waals surface area contributed by atoms with E-state index in [1.807, 2.05) is 23.1 Å². The smallest absolute Gasteiger partial charge is 0.197 e. The number of anilines is 1. The van der Waals surface area contributed by atoms with Crippen LogP contribution in [0.4, 0.5) is 5.69 Å². The Morgan fingerprint density at radius 2 is 1.57 bits per heavy atom. The molecule has 1 atom stereocenters. The lowest BCUT2D eigenvalue weighted by atomic mass is 9.98. The Labute approximate surface area is 137 Å². The molecule has 3 nitrogen and oxygen atoms in total. The number of benzene rings is 2. The summed E-state index contributed by atoms with van der Waals surface area (Å²) in [7, 11) is 0. The van der Waals surface area contributed by atoms with E-state index in [1.54, 1.807) is 48.6 Å². The van der Waals surface area contributed by atoms with Gasteiger partial charge in [0.1, 0.15) is 6.10 Å². The van der Waals surface area contributed by atoms with Crippen LogP contribution in [0.2, 0.25) is 0 Å². The number of para-hydroxylation sites is 1. The summed E-state index contributed by atoms with van der Waals surface area (Å²) in [4.78, 5) is 14.7. The highest BCUT2D eigenvalue weighted by molar-refractivity contribution is 6.04. The predicted molar refractivity (Wildman–Crippen MR) is 94.8 cm³/mol. The van der Waals surface area contributed by atoms with Crippen molar-refractivity contribution in [3.05, 3.63) is 91.0 Å². The molecule has 0 aromatic heterocycles. The third-order valence-corrected chi connectivity index (χ3v) is 3.57. The van der Waals surface area contributed by atoms with Crippen molar-refractivity contribution < 1.29 is 9.90 Å². The molecule has 0 saturated heterocycles. The number of carbonyl (C=O) groups is 1. The first-order chi connectivity index (χ1) is 11.2. The first kappa shape index (κ1) is 16.7. The molecule has 0 amide bonds. The number of ketones is 1. The summed E-state index contributed by atoms with van der Waals surface area (Å²) in [5, 5.41) is 10.4. The predicted octanol–water partition coefficient (Wildman–Crippen LogP) is 3.78. The van der Waals surface area contributed by atoms with Gasteiger partial charge in [0.2, 0.25) is 0 Å². The van der Waals surface area contributed by atoms with E-state index in [9.17, 15) is 9.90 Å². The van der Waals surface area contributed by atoms with Gasteiger partial charge in [-0.05, 0) is 17.7 Å². The third-order valence-electron chi connectivity index (χ3n) is 3.57. The van der Waals surface area contributed by atoms with Crippen LogP contribution in [-0.2, 0) is 0 Å². The zero-order chi connectivity index (χ0) is 16.7. The molecule has 2 aromatic rings. The van der Waals surface area contributed by atoms with E-state index in [1.165, 1.54) is 0 Å². The van der Waals surface area contributed by atoms with Crippen molar-refractivity contribution in [2.75, 3.05) is 18.0 Å². The molecule has 2 aromatic carbocycles. The molecule has 0 aliphatic carbocycles.